The van der Waals surface area contributed by atoms with Gasteiger partial charge in [-0.25, -0.2) is 4.39 Å². The molecular weight excluding hydrogens is 281 g/mol. The summed E-state index contributed by atoms with van der Waals surface area (Å²) in [6.45, 7) is 4.90. The average Bonchev–Trinajstić information content (AvgIpc) is 2.69. The van der Waals surface area contributed by atoms with Gasteiger partial charge in [0.15, 0.2) is 0 Å². The van der Waals surface area contributed by atoms with Crippen molar-refractivity contribution in [3.05, 3.63) is 36.3 Å². The second-order valence-electron chi connectivity index (χ2n) is 5.65. The molecule has 0 aliphatic carbocycles. The fourth-order valence-electron chi connectivity index (χ4n) is 3.01. The molecule has 0 N–H and O–H groups in total. The lowest BCUT2D eigenvalue weighted by molar-refractivity contribution is -0.129. The van der Waals surface area contributed by atoms with Crippen LogP contribution in [0.25, 0.3) is 10.9 Å². The molecule has 0 spiro atoms. The number of benzene rings is 1. The minimum absolute atomic E-state index is 0.159. The molecule has 0 atom stereocenters. The minimum Gasteiger partial charge on any atom is -0.362 e. The Morgan fingerprint density at radius 3 is 2.95 bits per heavy atom. The smallest absolute Gasteiger partial charge is 0.242 e. The third-order valence-corrected chi connectivity index (χ3v) is 4.05. The number of pyridine rings is 1. The van der Waals surface area contributed by atoms with Crippen molar-refractivity contribution in [2.24, 2.45) is 0 Å². The Balaban J connectivity index is 1.92. The summed E-state index contributed by atoms with van der Waals surface area (Å²) in [7, 11) is 0. The summed E-state index contributed by atoms with van der Waals surface area (Å²) in [5, 5.41) is 0.889. The molecule has 1 aliphatic heterocycles. The molecule has 0 unspecified atom stereocenters. The van der Waals surface area contributed by atoms with Gasteiger partial charge in [-0.05, 0) is 31.0 Å². The van der Waals surface area contributed by atoms with Crippen molar-refractivity contribution in [3.63, 3.8) is 0 Å². The van der Waals surface area contributed by atoms with Gasteiger partial charge in [0.25, 0.3) is 0 Å². The molecule has 3 rings (SSSR count). The fraction of sp³-hybridized carbons (Fsp3) is 0.412. The predicted molar refractivity (Wildman–Crippen MR) is 85.4 cm³/mol. The molecule has 1 amide bonds. The second kappa shape index (κ2) is 6.30. The highest BCUT2D eigenvalue weighted by molar-refractivity contribution is 5.93. The van der Waals surface area contributed by atoms with Gasteiger partial charge < -0.3 is 9.80 Å². The van der Waals surface area contributed by atoms with Crippen LogP contribution in [0.15, 0.2) is 30.5 Å². The highest BCUT2D eigenvalue weighted by Crippen LogP contribution is 2.27. The lowest BCUT2D eigenvalue weighted by atomic mass is 10.1. The van der Waals surface area contributed by atoms with E-state index in [1.54, 1.807) is 12.3 Å². The molecule has 0 radical (unpaired) electrons. The van der Waals surface area contributed by atoms with Gasteiger partial charge in [-0.15, -0.1) is 0 Å². The van der Waals surface area contributed by atoms with Crippen LogP contribution in [0.2, 0.25) is 0 Å². The van der Waals surface area contributed by atoms with Crippen molar-refractivity contribution in [2.75, 3.05) is 31.1 Å². The number of anilines is 1. The first-order chi connectivity index (χ1) is 10.7. The number of rotatable bonds is 3. The van der Waals surface area contributed by atoms with Crippen LogP contribution in [-0.2, 0) is 4.79 Å². The van der Waals surface area contributed by atoms with E-state index in [4.69, 9.17) is 0 Å². The Kier molecular flexibility index (Phi) is 4.22. The Labute approximate surface area is 129 Å². The van der Waals surface area contributed by atoms with Gasteiger partial charge in [0.1, 0.15) is 5.82 Å². The van der Waals surface area contributed by atoms with E-state index in [0.29, 0.717) is 12.1 Å². The highest BCUT2D eigenvalue weighted by Gasteiger charge is 2.22. The van der Waals surface area contributed by atoms with E-state index >= 15 is 0 Å². The van der Waals surface area contributed by atoms with Crippen LogP contribution in [0.4, 0.5) is 10.1 Å². The molecule has 116 valence electrons. The van der Waals surface area contributed by atoms with Gasteiger partial charge in [-0.3, -0.25) is 9.78 Å². The molecule has 5 heteroatoms. The summed E-state index contributed by atoms with van der Waals surface area (Å²) in [6, 6.07) is 6.52. The maximum atomic E-state index is 13.4. The standard InChI is InChI=1S/C17H20FN3O/c1-2-8-20-9-3-10-21(12-17(20)22)16-6-7-19-15-11-13(18)4-5-14(15)16/h4-7,11H,2-3,8-10,12H2,1H3. The monoisotopic (exact) mass is 301 g/mol. The van der Waals surface area contributed by atoms with E-state index in [2.05, 4.69) is 16.8 Å². The highest BCUT2D eigenvalue weighted by atomic mass is 19.1. The largest absolute Gasteiger partial charge is 0.362 e. The topological polar surface area (TPSA) is 36.4 Å². The number of amides is 1. The summed E-state index contributed by atoms with van der Waals surface area (Å²) in [5.74, 6) is -0.135. The van der Waals surface area contributed by atoms with Gasteiger partial charge in [-0.2, -0.15) is 0 Å². The summed E-state index contributed by atoms with van der Waals surface area (Å²) >= 11 is 0. The molecular formula is C17H20FN3O. The van der Waals surface area contributed by atoms with Gasteiger partial charge in [-0.1, -0.05) is 6.92 Å². The van der Waals surface area contributed by atoms with Crippen molar-refractivity contribution in [1.82, 2.24) is 9.88 Å². The minimum atomic E-state index is -0.293. The number of halogens is 1. The van der Waals surface area contributed by atoms with E-state index in [1.165, 1.54) is 12.1 Å². The van der Waals surface area contributed by atoms with Crippen molar-refractivity contribution in [3.8, 4) is 0 Å². The van der Waals surface area contributed by atoms with E-state index in [0.717, 1.165) is 43.5 Å². The van der Waals surface area contributed by atoms with Gasteiger partial charge in [0.05, 0.1) is 12.1 Å². The molecule has 2 aromatic rings. The quantitative estimate of drug-likeness (QED) is 0.874. The van der Waals surface area contributed by atoms with Crippen LogP contribution in [0, 0.1) is 5.82 Å². The number of fused-ring (bicyclic) bond motifs is 1. The second-order valence-corrected chi connectivity index (χ2v) is 5.65. The van der Waals surface area contributed by atoms with E-state index in [-0.39, 0.29) is 11.7 Å². The zero-order chi connectivity index (χ0) is 15.5. The van der Waals surface area contributed by atoms with Crippen LogP contribution >= 0.6 is 0 Å². The molecule has 4 nitrogen and oxygen atoms in total. The molecule has 1 aliphatic rings. The zero-order valence-electron chi connectivity index (χ0n) is 12.8. The Hall–Kier alpha value is -2.17. The number of aromatic nitrogens is 1. The first-order valence-corrected chi connectivity index (χ1v) is 7.76. The fourth-order valence-corrected chi connectivity index (χ4v) is 3.01. The summed E-state index contributed by atoms with van der Waals surface area (Å²) in [6.07, 6.45) is 3.59. The average molecular weight is 301 g/mol. The predicted octanol–water partition coefficient (Wildman–Crippen LogP) is 2.82. The molecule has 1 aromatic heterocycles. The maximum Gasteiger partial charge on any atom is 0.242 e. The molecule has 22 heavy (non-hydrogen) atoms. The first kappa shape index (κ1) is 14.8. The van der Waals surface area contributed by atoms with Gasteiger partial charge in [0, 0.05) is 43.0 Å². The lowest BCUT2D eigenvalue weighted by Crippen LogP contribution is -2.37. The van der Waals surface area contributed by atoms with Crippen LogP contribution in [0.3, 0.4) is 0 Å². The number of carbonyl (C=O) groups excluding carboxylic acids is 1. The number of hydrogen-bond acceptors (Lipinski definition) is 3. The van der Waals surface area contributed by atoms with Crippen molar-refractivity contribution in [1.29, 1.82) is 0 Å². The van der Waals surface area contributed by atoms with Crippen LogP contribution in [0.5, 0.6) is 0 Å². The van der Waals surface area contributed by atoms with E-state index in [9.17, 15) is 9.18 Å². The molecule has 0 bridgehead atoms. The summed E-state index contributed by atoms with van der Waals surface area (Å²) in [5.41, 5.74) is 1.58. The van der Waals surface area contributed by atoms with Gasteiger partial charge >= 0.3 is 0 Å². The maximum absolute atomic E-state index is 13.4. The number of hydrogen-bond donors (Lipinski definition) is 0. The molecule has 1 aromatic carbocycles. The Morgan fingerprint density at radius 1 is 1.27 bits per heavy atom. The zero-order valence-corrected chi connectivity index (χ0v) is 12.8. The number of nitrogens with zero attached hydrogens (tertiary/aromatic N) is 3. The van der Waals surface area contributed by atoms with Crippen molar-refractivity contribution >= 4 is 22.5 Å². The molecule has 1 fully saturated rings. The Morgan fingerprint density at radius 2 is 2.14 bits per heavy atom. The first-order valence-electron chi connectivity index (χ1n) is 7.76. The lowest BCUT2D eigenvalue weighted by Gasteiger charge is -2.24. The van der Waals surface area contributed by atoms with Crippen LogP contribution in [-0.4, -0.2) is 42.0 Å². The molecule has 0 saturated carbocycles. The number of carbonyl (C=O) groups is 1. The third kappa shape index (κ3) is 2.89. The third-order valence-electron chi connectivity index (χ3n) is 4.05. The SMILES string of the molecule is CCCN1CCCN(c2ccnc3cc(F)ccc23)CC1=O. The summed E-state index contributed by atoms with van der Waals surface area (Å²) in [4.78, 5) is 20.6. The van der Waals surface area contributed by atoms with E-state index in [1.807, 2.05) is 11.0 Å². The van der Waals surface area contributed by atoms with Crippen molar-refractivity contribution in [2.45, 2.75) is 19.8 Å². The Bertz CT molecular complexity index is 689. The van der Waals surface area contributed by atoms with Crippen LogP contribution in [0.1, 0.15) is 19.8 Å². The van der Waals surface area contributed by atoms with E-state index < -0.39 is 0 Å². The normalized spacial score (nSPS) is 16.2. The van der Waals surface area contributed by atoms with Crippen molar-refractivity contribution < 1.29 is 9.18 Å². The molecule has 1 saturated heterocycles. The van der Waals surface area contributed by atoms with Crippen LogP contribution < -0.4 is 4.90 Å². The van der Waals surface area contributed by atoms with Gasteiger partial charge in [0.2, 0.25) is 5.91 Å². The summed E-state index contributed by atoms with van der Waals surface area (Å²) < 4.78 is 13.4. The molecule has 2 heterocycles.